The summed E-state index contributed by atoms with van der Waals surface area (Å²) in [6.45, 7) is 2.28. The summed E-state index contributed by atoms with van der Waals surface area (Å²) in [6, 6.07) is 9.91. The minimum absolute atomic E-state index is 0.0680. The quantitative estimate of drug-likeness (QED) is 0.307. The van der Waals surface area contributed by atoms with E-state index in [0.717, 1.165) is 29.9 Å². The van der Waals surface area contributed by atoms with E-state index in [4.69, 9.17) is 16.3 Å². The predicted molar refractivity (Wildman–Crippen MR) is 137 cm³/mol. The molecule has 2 aromatic rings. The first-order valence-corrected chi connectivity index (χ1v) is 13.9. The van der Waals surface area contributed by atoms with Crippen LogP contribution in [0.4, 0.5) is 13.2 Å². The van der Waals surface area contributed by atoms with Gasteiger partial charge in [0.25, 0.3) is 0 Å². The van der Waals surface area contributed by atoms with Crippen LogP contribution < -0.4 is 4.74 Å². The summed E-state index contributed by atoms with van der Waals surface area (Å²) in [5, 5.41) is -0.196. The van der Waals surface area contributed by atoms with Crippen LogP contribution in [0.5, 0.6) is 5.75 Å². The minimum atomic E-state index is -3.64. The Morgan fingerprint density at radius 1 is 0.857 bits per heavy atom. The first kappa shape index (κ1) is 26.4. The number of alkyl halides is 2. The van der Waals surface area contributed by atoms with Crippen LogP contribution in [0, 0.1) is 23.6 Å². The molecule has 35 heavy (non-hydrogen) atoms. The van der Waals surface area contributed by atoms with E-state index >= 15 is 0 Å². The van der Waals surface area contributed by atoms with Crippen molar-refractivity contribution in [1.29, 1.82) is 0 Å². The van der Waals surface area contributed by atoms with Crippen LogP contribution in [0.3, 0.4) is 0 Å². The van der Waals surface area contributed by atoms with E-state index in [0.29, 0.717) is 12.0 Å². The van der Waals surface area contributed by atoms with E-state index in [-0.39, 0.29) is 10.8 Å². The summed E-state index contributed by atoms with van der Waals surface area (Å²) >= 11 is 5.60. The van der Waals surface area contributed by atoms with Gasteiger partial charge in [-0.3, -0.25) is 0 Å². The van der Waals surface area contributed by atoms with Gasteiger partial charge in [0.05, 0.1) is 10.6 Å². The molecule has 4 rings (SSSR count). The number of hydrogen-bond acceptors (Lipinski definition) is 1. The standard InChI is InChI=1S/C30H38ClF3O/c1-2-3-4-5-21-6-8-22(9-7-21)23-10-12-24(13-11-23)25-14-17-27(18-15-25)35-30(33,34)26-16-19-28(31)29(32)20-26/h14-24H,2-13H2,1H3. The summed E-state index contributed by atoms with van der Waals surface area (Å²) in [5.41, 5.74) is 0.632. The number of halogens is 4. The molecule has 2 aliphatic rings. The molecular weight excluding hydrogens is 469 g/mol. The molecule has 0 aromatic heterocycles. The number of ether oxygens (including phenoxy) is 1. The summed E-state index contributed by atoms with van der Waals surface area (Å²) in [5.74, 6) is 2.37. The highest BCUT2D eigenvalue weighted by Gasteiger charge is 2.35. The van der Waals surface area contributed by atoms with Crippen molar-refractivity contribution in [3.05, 3.63) is 64.4 Å². The Kier molecular flexibility index (Phi) is 9.07. The number of benzene rings is 2. The molecule has 0 unspecified atom stereocenters. The van der Waals surface area contributed by atoms with E-state index in [2.05, 4.69) is 6.92 Å². The maximum atomic E-state index is 14.5. The molecular formula is C30H38ClF3O. The highest BCUT2D eigenvalue weighted by atomic mass is 35.5. The number of unbranched alkanes of at least 4 members (excludes halogenated alkanes) is 2. The molecule has 2 aliphatic carbocycles. The fourth-order valence-electron chi connectivity index (χ4n) is 6.25. The zero-order valence-corrected chi connectivity index (χ0v) is 21.5. The Morgan fingerprint density at radius 2 is 1.49 bits per heavy atom. The van der Waals surface area contributed by atoms with Crippen molar-refractivity contribution in [1.82, 2.24) is 0 Å². The molecule has 5 heteroatoms. The molecule has 0 heterocycles. The van der Waals surface area contributed by atoms with E-state index in [1.807, 2.05) is 12.1 Å². The van der Waals surface area contributed by atoms with E-state index < -0.39 is 17.5 Å². The van der Waals surface area contributed by atoms with Gasteiger partial charge in [0.2, 0.25) is 0 Å². The SMILES string of the molecule is CCCCCC1CCC(C2CCC(c3ccc(OC(F)(F)c4ccc(Cl)c(F)c4)cc3)CC2)CC1. The largest absolute Gasteiger partial charge is 0.429 e. The maximum Gasteiger partial charge on any atom is 0.426 e. The van der Waals surface area contributed by atoms with Crippen molar-refractivity contribution in [3.8, 4) is 5.75 Å². The lowest BCUT2D eigenvalue weighted by Gasteiger charge is -2.38. The monoisotopic (exact) mass is 506 g/mol. The Labute approximate surface area is 213 Å². The van der Waals surface area contributed by atoms with Gasteiger partial charge in [0.15, 0.2) is 0 Å². The lowest BCUT2D eigenvalue weighted by atomic mass is 9.68. The van der Waals surface area contributed by atoms with Gasteiger partial charge < -0.3 is 4.74 Å². The van der Waals surface area contributed by atoms with Crippen LogP contribution in [-0.4, -0.2) is 0 Å². The van der Waals surface area contributed by atoms with Gasteiger partial charge in [-0.2, -0.15) is 8.78 Å². The molecule has 0 aliphatic heterocycles. The lowest BCUT2D eigenvalue weighted by Crippen LogP contribution is -2.25. The summed E-state index contributed by atoms with van der Waals surface area (Å²) in [6.07, 6.45) is 12.4. The topological polar surface area (TPSA) is 9.23 Å². The summed E-state index contributed by atoms with van der Waals surface area (Å²) in [7, 11) is 0. The van der Waals surface area contributed by atoms with Gasteiger partial charge >= 0.3 is 6.11 Å². The van der Waals surface area contributed by atoms with Gasteiger partial charge in [-0.15, -0.1) is 0 Å². The summed E-state index contributed by atoms with van der Waals surface area (Å²) in [4.78, 5) is 0. The second kappa shape index (κ2) is 12.0. The van der Waals surface area contributed by atoms with Crippen molar-refractivity contribution in [3.63, 3.8) is 0 Å². The summed E-state index contributed by atoms with van der Waals surface area (Å²) < 4.78 is 47.5. The first-order chi connectivity index (χ1) is 16.9. The van der Waals surface area contributed by atoms with E-state index in [9.17, 15) is 13.2 Å². The van der Waals surface area contributed by atoms with E-state index in [1.54, 1.807) is 12.1 Å². The molecule has 192 valence electrons. The molecule has 2 aromatic carbocycles. The molecule has 0 N–H and O–H groups in total. The highest BCUT2D eigenvalue weighted by molar-refractivity contribution is 6.30. The van der Waals surface area contributed by atoms with E-state index in [1.165, 1.54) is 82.6 Å². The molecule has 0 bridgehead atoms. The normalized spacial score (nSPS) is 25.4. The van der Waals surface area contributed by atoms with Crippen LogP contribution >= 0.6 is 11.6 Å². The van der Waals surface area contributed by atoms with Crippen molar-refractivity contribution >= 4 is 11.6 Å². The third-order valence-corrected chi connectivity index (χ3v) is 8.71. The van der Waals surface area contributed by atoms with Gasteiger partial charge in [0, 0.05) is 0 Å². The van der Waals surface area contributed by atoms with Crippen molar-refractivity contribution in [2.45, 2.75) is 96.0 Å². The van der Waals surface area contributed by atoms with Gasteiger partial charge in [-0.1, -0.05) is 69.2 Å². The molecule has 2 saturated carbocycles. The van der Waals surface area contributed by atoms with Crippen LogP contribution in [0.25, 0.3) is 0 Å². The van der Waals surface area contributed by atoms with Gasteiger partial charge in [-0.05, 0) is 98.1 Å². The Bertz CT molecular complexity index is 929. The molecule has 0 amide bonds. The van der Waals surface area contributed by atoms with Crippen molar-refractivity contribution < 1.29 is 17.9 Å². The minimum Gasteiger partial charge on any atom is -0.429 e. The Balaban J connectivity index is 1.25. The smallest absolute Gasteiger partial charge is 0.426 e. The lowest BCUT2D eigenvalue weighted by molar-refractivity contribution is -0.185. The average Bonchev–Trinajstić information content (AvgIpc) is 2.87. The zero-order valence-electron chi connectivity index (χ0n) is 20.8. The first-order valence-electron chi connectivity index (χ1n) is 13.5. The molecule has 0 spiro atoms. The van der Waals surface area contributed by atoms with Crippen LogP contribution in [0.1, 0.15) is 101 Å². The molecule has 1 nitrogen and oxygen atoms in total. The average molecular weight is 507 g/mol. The fourth-order valence-corrected chi connectivity index (χ4v) is 6.36. The number of hydrogen-bond donors (Lipinski definition) is 0. The maximum absolute atomic E-state index is 14.5. The number of rotatable bonds is 9. The van der Waals surface area contributed by atoms with Gasteiger partial charge in [0.1, 0.15) is 11.6 Å². The third kappa shape index (κ3) is 6.96. The predicted octanol–water partition coefficient (Wildman–Crippen LogP) is 10.3. The Morgan fingerprint density at radius 3 is 2.09 bits per heavy atom. The van der Waals surface area contributed by atoms with Gasteiger partial charge in [-0.25, -0.2) is 4.39 Å². The van der Waals surface area contributed by atoms with Crippen molar-refractivity contribution in [2.75, 3.05) is 0 Å². The molecule has 0 atom stereocenters. The zero-order chi connectivity index (χ0) is 24.8. The van der Waals surface area contributed by atoms with Crippen molar-refractivity contribution in [2.24, 2.45) is 17.8 Å². The third-order valence-electron chi connectivity index (χ3n) is 8.40. The van der Waals surface area contributed by atoms with Crippen LogP contribution in [0.2, 0.25) is 5.02 Å². The van der Waals surface area contributed by atoms with Crippen LogP contribution in [0.15, 0.2) is 42.5 Å². The molecule has 0 radical (unpaired) electrons. The second-order valence-electron chi connectivity index (χ2n) is 10.7. The highest BCUT2D eigenvalue weighted by Crippen LogP contribution is 2.45. The molecule has 0 saturated heterocycles. The Hall–Kier alpha value is -1.68. The second-order valence-corrected chi connectivity index (χ2v) is 11.1. The molecule has 2 fully saturated rings. The fraction of sp³-hybridized carbons (Fsp3) is 0.600. The van der Waals surface area contributed by atoms with Crippen LogP contribution in [-0.2, 0) is 6.11 Å².